The van der Waals surface area contributed by atoms with E-state index in [2.05, 4.69) is 0 Å². The molecule has 0 aromatic rings. The van der Waals surface area contributed by atoms with Crippen LogP contribution in [0, 0.1) is 0 Å². The van der Waals surface area contributed by atoms with Gasteiger partial charge in [0.05, 0.1) is 17.3 Å². The normalized spacial score (nSPS) is 21.3. The second-order valence-electron chi connectivity index (χ2n) is 7.00. The molecule has 0 unspecified atom stereocenters. The van der Waals surface area contributed by atoms with E-state index in [1.807, 2.05) is 61.5 Å². The molecule has 1 fully saturated rings. The summed E-state index contributed by atoms with van der Waals surface area (Å²) in [6.07, 6.45) is 4.14. The first-order valence-electron chi connectivity index (χ1n) is 8.89. The number of rotatable bonds is 3. The second kappa shape index (κ2) is 10.2. The summed E-state index contributed by atoms with van der Waals surface area (Å²) in [6, 6.07) is 0. The van der Waals surface area contributed by atoms with Crippen molar-refractivity contribution in [3.63, 3.8) is 0 Å². The number of amides is 1. The molecule has 0 spiro atoms. The Morgan fingerprint density at radius 1 is 1.21 bits per heavy atom. The van der Waals surface area contributed by atoms with Gasteiger partial charge < -0.3 is 18.9 Å². The highest BCUT2D eigenvalue weighted by molar-refractivity contribution is 6.54. The van der Waals surface area contributed by atoms with E-state index in [-0.39, 0.29) is 18.3 Å². The monoisotopic (exact) mass is 341 g/mol. The van der Waals surface area contributed by atoms with Gasteiger partial charge in [-0.1, -0.05) is 19.9 Å². The molecule has 1 saturated heterocycles. The summed E-state index contributed by atoms with van der Waals surface area (Å²) >= 11 is 0. The summed E-state index contributed by atoms with van der Waals surface area (Å²) < 4.78 is 16.7. The van der Waals surface area contributed by atoms with E-state index in [0.717, 1.165) is 24.8 Å². The molecule has 0 aliphatic carbocycles. The third-order valence-corrected chi connectivity index (χ3v) is 4.45. The zero-order chi connectivity index (χ0) is 19.0. The summed E-state index contributed by atoms with van der Waals surface area (Å²) in [5.74, 6) is 0. The van der Waals surface area contributed by atoms with Gasteiger partial charge in [-0.15, -0.1) is 0 Å². The summed E-state index contributed by atoms with van der Waals surface area (Å²) in [5.41, 5.74) is 0.572. The Labute approximate surface area is 148 Å². The molecule has 1 amide bonds. The molecular formula is C18H36BNO4. The van der Waals surface area contributed by atoms with Gasteiger partial charge in [0.1, 0.15) is 0 Å². The van der Waals surface area contributed by atoms with Crippen molar-refractivity contribution in [2.75, 3.05) is 20.2 Å². The van der Waals surface area contributed by atoms with Crippen molar-refractivity contribution in [3.05, 3.63) is 11.5 Å². The van der Waals surface area contributed by atoms with Crippen molar-refractivity contribution < 1.29 is 18.8 Å². The van der Waals surface area contributed by atoms with Crippen molar-refractivity contribution in [1.82, 2.24) is 4.90 Å². The molecule has 0 radical (unpaired) electrons. The summed E-state index contributed by atoms with van der Waals surface area (Å²) in [6.45, 7) is 17.6. The molecule has 0 saturated carbocycles. The van der Waals surface area contributed by atoms with Crippen LogP contribution in [0.5, 0.6) is 0 Å². The molecule has 0 bridgehead atoms. The SMILES string of the molecule is CC.CC1(C)OB(C2=CCN(C=O)CC2)OC1(C)C.COC(C)C. The predicted molar refractivity (Wildman–Crippen MR) is 99.9 cm³/mol. The zero-order valence-corrected chi connectivity index (χ0v) is 17.0. The molecule has 2 aliphatic heterocycles. The Kier molecular flexibility index (Phi) is 9.86. The van der Waals surface area contributed by atoms with Crippen LogP contribution in [0.15, 0.2) is 11.5 Å². The number of ether oxygens (including phenoxy) is 1. The predicted octanol–water partition coefficient (Wildman–Crippen LogP) is 3.47. The number of nitrogens with zero attached hydrogens (tertiary/aromatic N) is 1. The van der Waals surface area contributed by atoms with Gasteiger partial charge in [0, 0.05) is 20.2 Å². The molecule has 0 N–H and O–H groups in total. The average molecular weight is 341 g/mol. The fraction of sp³-hybridized carbons (Fsp3) is 0.833. The Morgan fingerprint density at radius 3 is 1.96 bits per heavy atom. The third kappa shape index (κ3) is 6.57. The molecule has 24 heavy (non-hydrogen) atoms. The minimum absolute atomic E-state index is 0.256. The highest BCUT2D eigenvalue weighted by Crippen LogP contribution is 2.39. The first kappa shape index (κ1) is 23.2. The Morgan fingerprint density at radius 2 is 1.67 bits per heavy atom. The minimum atomic E-state index is -0.291. The summed E-state index contributed by atoms with van der Waals surface area (Å²) in [5, 5.41) is 0. The third-order valence-electron chi connectivity index (χ3n) is 4.45. The van der Waals surface area contributed by atoms with Crippen molar-refractivity contribution in [2.45, 2.75) is 79.1 Å². The van der Waals surface area contributed by atoms with Gasteiger partial charge in [0.25, 0.3) is 0 Å². The molecule has 2 rings (SSSR count). The lowest BCUT2D eigenvalue weighted by Gasteiger charge is -2.32. The molecule has 0 aromatic heterocycles. The van der Waals surface area contributed by atoms with Gasteiger partial charge in [-0.25, -0.2) is 0 Å². The smallest absolute Gasteiger partial charge is 0.400 e. The van der Waals surface area contributed by atoms with Crippen LogP contribution in [0.1, 0.15) is 61.8 Å². The lowest BCUT2D eigenvalue weighted by molar-refractivity contribution is -0.117. The van der Waals surface area contributed by atoms with Crippen LogP contribution in [0.4, 0.5) is 0 Å². The first-order valence-corrected chi connectivity index (χ1v) is 8.89. The zero-order valence-electron chi connectivity index (χ0n) is 17.0. The number of hydrogen-bond donors (Lipinski definition) is 0. The maximum absolute atomic E-state index is 10.6. The maximum atomic E-state index is 10.6. The van der Waals surface area contributed by atoms with E-state index in [9.17, 15) is 4.79 Å². The van der Waals surface area contributed by atoms with Gasteiger partial charge in [-0.2, -0.15) is 0 Å². The summed E-state index contributed by atoms with van der Waals surface area (Å²) in [7, 11) is 1.44. The van der Waals surface area contributed by atoms with Crippen molar-refractivity contribution in [2.24, 2.45) is 0 Å². The second-order valence-corrected chi connectivity index (χ2v) is 7.00. The van der Waals surface area contributed by atoms with Gasteiger partial charge in [-0.3, -0.25) is 4.79 Å². The van der Waals surface area contributed by atoms with Crippen LogP contribution >= 0.6 is 0 Å². The quantitative estimate of drug-likeness (QED) is 0.583. The van der Waals surface area contributed by atoms with E-state index in [1.165, 1.54) is 0 Å². The topological polar surface area (TPSA) is 48.0 Å². The molecule has 140 valence electrons. The van der Waals surface area contributed by atoms with Crippen LogP contribution < -0.4 is 0 Å². The van der Waals surface area contributed by atoms with Gasteiger partial charge >= 0.3 is 7.12 Å². The van der Waals surface area contributed by atoms with Gasteiger partial charge in [0.2, 0.25) is 6.41 Å². The number of hydrogen-bond acceptors (Lipinski definition) is 4. The fourth-order valence-corrected chi connectivity index (χ4v) is 2.00. The standard InChI is InChI=1S/C12H20BNO3.C4H10O.C2H6/c1-11(2)12(3,4)17-13(16-11)10-5-7-14(9-15)8-6-10;1-4(2)5-3;1-2/h5,9H,6-8H2,1-4H3;4H,1-3H3;1-2H3. The van der Waals surface area contributed by atoms with E-state index >= 15 is 0 Å². The molecule has 2 heterocycles. The van der Waals surface area contributed by atoms with Crippen LogP contribution in [0.3, 0.4) is 0 Å². The Hall–Kier alpha value is -0.845. The molecule has 6 heteroatoms. The number of methoxy groups -OCH3 is 1. The highest BCUT2D eigenvalue weighted by Gasteiger charge is 2.52. The molecular weight excluding hydrogens is 305 g/mol. The van der Waals surface area contributed by atoms with Crippen LogP contribution in [0.2, 0.25) is 0 Å². The summed E-state index contributed by atoms with van der Waals surface area (Å²) in [4.78, 5) is 12.4. The van der Waals surface area contributed by atoms with Crippen molar-refractivity contribution in [3.8, 4) is 0 Å². The fourth-order valence-electron chi connectivity index (χ4n) is 2.00. The molecule has 0 aromatic carbocycles. The number of carbonyl (C=O) groups excluding carboxylic acids is 1. The lowest BCUT2D eigenvalue weighted by atomic mass is 9.75. The largest absolute Gasteiger partial charge is 0.490 e. The van der Waals surface area contributed by atoms with Crippen LogP contribution in [-0.4, -0.2) is 55.9 Å². The minimum Gasteiger partial charge on any atom is -0.400 e. The van der Waals surface area contributed by atoms with Crippen molar-refractivity contribution in [1.29, 1.82) is 0 Å². The number of carbonyl (C=O) groups is 1. The maximum Gasteiger partial charge on any atom is 0.490 e. The first-order chi connectivity index (χ1) is 11.1. The van der Waals surface area contributed by atoms with Crippen LogP contribution in [-0.2, 0) is 18.8 Å². The van der Waals surface area contributed by atoms with Gasteiger partial charge in [0.15, 0.2) is 0 Å². The average Bonchev–Trinajstić information content (AvgIpc) is 2.78. The molecule has 5 nitrogen and oxygen atoms in total. The Bertz CT molecular complexity index is 392. The van der Waals surface area contributed by atoms with Crippen LogP contribution in [0.25, 0.3) is 0 Å². The van der Waals surface area contributed by atoms with Gasteiger partial charge in [-0.05, 0) is 53.4 Å². The highest BCUT2D eigenvalue weighted by atomic mass is 16.7. The molecule has 2 aliphatic rings. The van der Waals surface area contributed by atoms with E-state index < -0.39 is 0 Å². The van der Waals surface area contributed by atoms with E-state index in [0.29, 0.717) is 12.6 Å². The Balaban J connectivity index is 0.000000650. The lowest BCUT2D eigenvalue weighted by Crippen LogP contribution is -2.41. The van der Waals surface area contributed by atoms with E-state index in [1.54, 1.807) is 12.0 Å². The molecule has 0 atom stereocenters. The van der Waals surface area contributed by atoms with Crippen molar-refractivity contribution >= 4 is 13.5 Å². The van der Waals surface area contributed by atoms with E-state index in [4.69, 9.17) is 14.0 Å².